The Hall–Kier alpha value is -4.02. The van der Waals surface area contributed by atoms with Crippen LogP contribution in [-0.2, 0) is 48.1 Å². The molecule has 2 aromatic heterocycles. The highest BCUT2D eigenvalue weighted by atomic mass is 32.2. The van der Waals surface area contributed by atoms with Crippen LogP contribution in [0.25, 0.3) is 22.5 Å². The van der Waals surface area contributed by atoms with Crippen LogP contribution >= 0.6 is 0 Å². The van der Waals surface area contributed by atoms with E-state index in [-0.39, 0.29) is 30.1 Å². The van der Waals surface area contributed by atoms with Gasteiger partial charge in [0.2, 0.25) is 0 Å². The molecule has 0 bridgehead atoms. The van der Waals surface area contributed by atoms with E-state index in [2.05, 4.69) is 15.5 Å². The molecule has 1 N–H and O–H groups in total. The third-order valence-corrected chi connectivity index (χ3v) is 14.6. The largest absolute Gasteiger partial charge is 0.498 e. The average molecular weight is 858 g/mol. The van der Waals surface area contributed by atoms with E-state index in [1.54, 1.807) is 6.92 Å². The summed E-state index contributed by atoms with van der Waals surface area (Å²) in [7, 11) is -5.46. The minimum atomic E-state index is -5.46. The molecule has 3 unspecified atom stereocenters. The number of benzene rings is 2. The Morgan fingerprint density at radius 3 is 1.63 bits per heavy atom. The third-order valence-electron chi connectivity index (χ3n) is 12.6. The number of aromatic nitrogens is 4. The maximum absolute atomic E-state index is 13.6. The fraction of sp³-hybridized carbons (Fsp3) is 0.571. The van der Waals surface area contributed by atoms with E-state index >= 15 is 0 Å². The van der Waals surface area contributed by atoms with Gasteiger partial charge in [0.05, 0.1) is 16.6 Å². The van der Waals surface area contributed by atoms with Crippen LogP contribution in [0.1, 0.15) is 111 Å². The highest BCUT2D eigenvalue weighted by Gasteiger charge is 2.57. The molecular formula is C42H48F9N5O2S. The fourth-order valence-electron chi connectivity index (χ4n) is 9.76. The second kappa shape index (κ2) is 16.4. The van der Waals surface area contributed by atoms with Crippen molar-refractivity contribution in [3.63, 3.8) is 0 Å². The number of hydrogen-bond donors (Lipinski definition) is 1. The van der Waals surface area contributed by atoms with Gasteiger partial charge in [-0.15, -0.1) is 0 Å². The van der Waals surface area contributed by atoms with Gasteiger partial charge in [0, 0.05) is 35.9 Å². The van der Waals surface area contributed by atoms with Gasteiger partial charge in [-0.25, -0.2) is 8.42 Å². The van der Waals surface area contributed by atoms with Crippen LogP contribution < -0.4 is 5.32 Å². The van der Waals surface area contributed by atoms with Crippen molar-refractivity contribution in [2.75, 3.05) is 5.32 Å². The van der Waals surface area contributed by atoms with Gasteiger partial charge in [0.1, 0.15) is 0 Å². The molecule has 7 nitrogen and oxygen atoms in total. The number of sulfone groups is 1. The molecule has 8 rings (SSSR count). The van der Waals surface area contributed by atoms with Gasteiger partial charge in [-0.05, 0) is 104 Å². The number of alkyl halides is 9. The first-order chi connectivity index (χ1) is 27.8. The van der Waals surface area contributed by atoms with Crippen molar-refractivity contribution in [2.45, 2.75) is 133 Å². The van der Waals surface area contributed by atoms with Crippen molar-refractivity contribution < 1.29 is 47.9 Å². The molecule has 2 aromatic carbocycles. The normalized spacial score (nSPS) is 21.8. The summed E-state index contributed by atoms with van der Waals surface area (Å²) in [5.41, 5.74) is -2.50. The number of halogens is 9. The molecule has 59 heavy (non-hydrogen) atoms. The SMILES string of the molecule is CCn1nc(C(F)(F)F)cc1-c1ccc2c(c1)CC(C1CCCCC1)C2S(=O)(=O)C(F)(F)F.CCn1nc(C(F)(F)F)cc1-c1ccc2c(c1)CC(C1CCCCC1)N2. The van der Waals surface area contributed by atoms with E-state index in [1.165, 1.54) is 65.2 Å². The molecule has 4 aromatic rings. The summed E-state index contributed by atoms with van der Waals surface area (Å²) in [5.74, 6) is -0.142. The summed E-state index contributed by atoms with van der Waals surface area (Å²) in [6.07, 6.45) is 2.56. The van der Waals surface area contributed by atoms with Crippen molar-refractivity contribution >= 4 is 15.5 Å². The van der Waals surface area contributed by atoms with Crippen LogP contribution in [0.3, 0.4) is 0 Å². The molecule has 0 spiro atoms. The number of nitrogens with zero attached hydrogens (tertiary/aromatic N) is 4. The summed E-state index contributed by atoms with van der Waals surface area (Å²) < 4.78 is 147. The lowest BCUT2D eigenvalue weighted by Gasteiger charge is -2.32. The Morgan fingerprint density at radius 2 is 1.14 bits per heavy atom. The number of hydrogen-bond acceptors (Lipinski definition) is 5. The highest BCUT2D eigenvalue weighted by Crippen LogP contribution is 2.53. The summed E-state index contributed by atoms with van der Waals surface area (Å²) >= 11 is 0. The highest BCUT2D eigenvalue weighted by molar-refractivity contribution is 7.92. The molecule has 17 heteroatoms. The lowest BCUT2D eigenvalue weighted by molar-refractivity contribution is -0.142. The van der Waals surface area contributed by atoms with Gasteiger partial charge >= 0.3 is 17.9 Å². The Bertz CT molecular complexity index is 2230. The topological polar surface area (TPSA) is 81.8 Å². The second-order valence-electron chi connectivity index (χ2n) is 16.3. The van der Waals surface area contributed by atoms with E-state index < -0.39 is 50.3 Å². The minimum absolute atomic E-state index is 0.102. The van der Waals surface area contributed by atoms with E-state index in [9.17, 15) is 47.9 Å². The molecule has 1 aliphatic heterocycles. The Balaban J connectivity index is 0.000000184. The van der Waals surface area contributed by atoms with Gasteiger partial charge in [0.25, 0.3) is 9.84 Å². The van der Waals surface area contributed by atoms with E-state index in [4.69, 9.17) is 0 Å². The lowest BCUT2D eigenvalue weighted by atomic mass is 9.78. The Morgan fingerprint density at radius 1 is 0.644 bits per heavy atom. The standard InChI is InChI=1S/C22H24F6N2O2S.C20H24F3N3/c1-2-30-18(12-19(29-30)21(23,24)25)14-8-9-16-15(10-14)11-17(13-6-4-3-5-7-13)20(16)33(31,32)22(26,27)28;1-2-26-18(12-19(25-26)20(21,22)23)14-8-9-16-15(10-14)11-17(24-16)13-6-4-3-5-7-13/h8-10,12-13,17,20H,2-7,11H2,1H3;8-10,12-13,17,24H,2-7,11H2,1H3. The predicted octanol–water partition coefficient (Wildman–Crippen LogP) is 11.8. The molecule has 3 heterocycles. The zero-order valence-corrected chi connectivity index (χ0v) is 33.6. The lowest BCUT2D eigenvalue weighted by Crippen LogP contribution is -2.34. The summed E-state index contributed by atoms with van der Waals surface area (Å²) in [6.45, 7) is 4.02. The Kier molecular flexibility index (Phi) is 12.0. The summed E-state index contributed by atoms with van der Waals surface area (Å²) in [6, 6.07) is 12.7. The summed E-state index contributed by atoms with van der Waals surface area (Å²) in [4.78, 5) is 0. The van der Waals surface area contributed by atoms with Crippen LogP contribution in [0.4, 0.5) is 45.2 Å². The van der Waals surface area contributed by atoms with Crippen LogP contribution in [-0.4, -0.2) is 39.5 Å². The van der Waals surface area contributed by atoms with Crippen molar-refractivity contribution in [1.82, 2.24) is 19.6 Å². The first-order valence-corrected chi connectivity index (χ1v) is 22.0. The molecule has 3 aliphatic carbocycles. The molecule has 0 amide bonds. The van der Waals surface area contributed by atoms with Crippen molar-refractivity contribution in [1.29, 1.82) is 0 Å². The van der Waals surface area contributed by atoms with Gasteiger partial charge in [0.15, 0.2) is 11.4 Å². The monoisotopic (exact) mass is 857 g/mol. The van der Waals surface area contributed by atoms with Gasteiger partial charge in [-0.3, -0.25) is 9.36 Å². The van der Waals surface area contributed by atoms with Gasteiger partial charge in [-0.1, -0.05) is 69.6 Å². The Labute approximate surface area is 337 Å². The van der Waals surface area contributed by atoms with Crippen molar-refractivity contribution in [3.05, 3.63) is 76.6 Å². The van der Waals surface area contributed by atoms with Gasteiger partial charge in [-0.2, -0.15) is 49.7 Å². The molecule has 2 fully saturated rings. The molecule has 0 radical (unpaired) electrons. The van der Waals surface area contributed by atoms with Crippen LogP contribution in [0.2, 0.25) is 0 Å². The summed E-state index contributed by atoms with van der Waals surface area (Å²) in [5, 5.41) is 9.28. The van der Waals surface area contributed by atoms with Crippen LogP contribution in [0.15, 0.2) is 48.5 Å². The number of rotatable bonds is 7. The average Bonchev–Trinajstić information content (AvgIpc) is 4.00. The molecule has 322 valence electrons. The van der Waals surface area contributed by atoms with Crippen LogP contribution in [0, 0.1) is 17.8 Å². The van der Waals surface area contributed by atoms with E-state index in [0.717, 1.165) is 49.1 Å². The van der Waals surface area contributed by atoms with Crippen LogP contribution in [0.5, 0.6) is 0 Å². The smallest absolute Gasteiger partial charge is 0.381 e. The molecule has 4 aliphatic rings. The van der Waals surface area contributed by atoms with E-state index in [0.29, 0.717) is 48.2 Å². The van der Waals surface area contributed by atoms with Crippen molar-refractivity contribution in [3.8, 4) is 22.5 Å². The molecule has 3 atom stereocenters. The first-order valence-electron chi connectivity index (χ1n) is 20.4. The van der Waals surface area contributed by atoms with Gasteiger partial charge < -0.3 is 5.32 Å². The predicted molar refractivity (Wildman–Crippen MR) is 206 cm³/mol. The zero-order valence-electron chi connectivity index (χ0n) is 32.8. The second-order valence-corrected chi connectivity index (χ2v) is 18.3. The fourth-order valence-corrected chi connectivity index (χ4v) is 11.4. The quantitative estimate of drug-likeness (QED) is 0.187. The third kappa shape index (κ3) is 8.77. The molecular weight excluding hydrogens is 810 g/mol. The van der Waals surface area contributed by atoms with E-state index in [1.807, 2.05) is 25.1 Å². The number of nitrogens with one attached hydrogen (secondary N) is 1. The number of fused-ring (bicyclic) bond motifs is 2. The number of aryl methyl sites for hydroxylation is 2. The zero-order chi connectivity index (χ0) is 42.5. The first kappa shape index (κ1) is 43.1. The maximum atomic E-state index is 13.6. The molecule has 2 saturated carbocycles. The molecule has 0 saturated heterocycles. The number of anilines is 1. The maximum Gasteiger partial charge on any atom is 0.498 e. The van der Waals surface area contributed by atoms with Crippen molar-refractivity contribution in [2.24, 2.45) is 17.8 Å². The minimum Gasteiger partial charge on any atom is -0.381 e.